The average Bonchev–Trinajstić information content (AvgIpc) is 2.38. The van der Waals surface area contributed by atoms with Gasteiger partial charge in [-0.15, -0.1) is 0 Å². The molecular formula is C65H79BrN8O13. The molecule has 1 saturated heterocycles. The molecule has 9 atom stereocenters. The lowest BCUT2D eigenvalue weighted by molar-refractivity contribution is -0.138. The molecule has 5 aromatic rings. The van der Waals surface area contributed by atoms with Gasteiger partial charge in [-0.2, -0.15) is 0 Å². The molecule has 5 aromatic carbocycles. The van der Waals surface area contributed by atoms with Crippen LogP contribution in [0.3, 0.4) is 0 Å². The minimum atomic E-state index is -1.65. The molecule has 87 heavy (non-hydrogen) atoms. The predicted molar refractivity (Wildman–Crippen MR) is 328 cm³/mol. The first-order chi connectivity index (χ1) is 41.5. The first kappa shape index (κ1) is 67.5. The van der Waals surface area contributed by atoms with Gasteiger partial charge in [0.15, 0.2) is 0 Å². The van der Waals surface area contributed by atoms with Gasteiger partial charge in [0, 0.05) is 35.8 Å². The van der Waals surface area contributed by atoms with E-state index in [9.17, 15) is 43.2 Å². The van der Waals surface area contributed by atoms with Gasteiger partial charge in [0.1, 0.15) is 60.3 Å². The second-order valence-corrected chi connectivity index (χ2v) is 23.5. The van der Waals surface area contributed by atoms with E-state index in [1.165, 1.54) is 12.1 Å². The monoisotopic (exact) mass is 1260 g/mol. The summed E-state index contributed by atoms with van der Waals surface area (Å²) in [5, 5.41) is 22.0. The Kier molecular flexibility index (Phi) is 25.4. The lowest BCUT2D eigenvalue weighted by atomic mass is 9.96. The third-order valence-corrected chi connectivity index (χ3v) is 15.0. The Labute approximate surface area is 516 Å². The zero-order valence-corrected chi connectivity index (χ0v) is 51.8. The summed E-state index contributed by atoms with van der Waals surface area (Å²) in [6, 6.07) is 30.3. The number of hydrogen-bond donors (Lipinski definition) is 8. The molecule has 6 rings (SSSR count). The largest absolute Gasteiger partial charge is 0.514 e. The lowest BCUT2D eigenvalue weighted by Crippen LogP contribution is -2.65. The molecule has 8 amide bonds. The first-order valence-electron chi connectivity index (χ1n) is 29.0. The van der Waals surface area contributed by atoms with Crippen molar-refractivity contribution in [3.63, 3.8) is 0 Å². The molecule has 0 radical (unpaired) electrons. The number of carbonyl (C=O) groups excluding carboxylic acids is 9. The fourth-order valence-electron chi connectivity index (χ4n) is 9.20. The third-order valence-electron chi connectivity index (χ3n) is 14.3. The van der Waals surface area contributed by atoms with Gasteiger partial charge in [0.2, 0.25) is 41.4 Å². The van der Waals surface area contributed by atoms with E-state index in [2.05, 4.69) is 58.5 Å². The van der Waals surface area contributed by atoms with E-state index in [1.807, 2.05) is 36.4 Å². The Morgan fingerprint density at radius 1 is 0.598 bits per heavy atom. The highest BCUT2D eigenvalue weighted by Crippen LogP contribution is 2.20. The van der Waals surface area contributed by atoms with Crippen LogP contribution in [0.5, 0.6) is 5.75 Å². The highest BCUT2D eigenvalue weighted by atomic mass is 79.9. The molecule has 8 N–H and O–H groups in total. The van der Waals surface area contributed by atoms with E-state index in [0.29, 0.717) is 28.7 Å². The van der Waals surface area contributed by atoms with Crippen LogP contribution in [0.1, 0.15) is 89.6 Å². The molecule has 1 fully saturated rings. The quantitative estimate of drug-likeness (QED) is 0.0291. The fraction of sp³-hybridized carbons (Fsp3) is 0.400. The normalized spacial score (nSPS) is 19.2. The fourth-order valence-corrected chi connectivity index (χ4v) is 9.60. The average molecular weight is 1260 g/mol. The van der Waals surface area contributed by atoms with E-state index in [0.717, 1.165) is 10.0 Å². The minimum absolute atomic E-state index is 0.0145. The molecule has 0 aliphatic carbocycles. The van der Waals surface area contributed by atoms with E-state index in [-0.39, 0.29) is 38.2 Å². The van der Waals surface area contributed by atoms with E-state index in [1.54, 1.807) is 146 Å². The van der Waals surface area contributed by atoms with Crippen molar-refractivity contribution in [2.45, 2.75) is 148 Å². The smallest absolute Gasteiger partial charge is 0.444 e. The molecule has 0 bridgehead atoms. The standard InChI is InChI=1S/C65H79BrN8O13/c1-9-40(4)54-61(80)69-50(33-42-21-13-10-14-22-42)57(76)74-55(41(5)84-37-45-25-17-12-18-26-45)62(81)68-49(35-44-29-31-47(32-30-44)86-64(83)85-38-46-27-19-20-28-48(46)66)56(75)67-36-52(59(78)73-54)70-60(79)53(39(2)3)72-58(77)51(34-43-23-15-11-16-24-43)71-63(82)87-65(6,7)8/h10-32,39-41,49-55H,9,33-38H2,1-8H3,(H,67,75)(H,68,81)(H,69,80)(H,70,79)(H,71,82)(H,72,77)(H,73,78)(H,74,76)/t40-,41+,49+,50-,51-,52+,53-,54-,55-/m0/s1. The summed E-state index contributed by atoms with van der Waals surface area (Å²) in [7, 11) is 0. The van der Waals surface area contributed by atoms with Crippen LogP contribution in [0.25, 0.3) is 0 Å². The van der Waals surface area contributed by atoms with Crippen molar-refractivity contribution in [1.82, 2.24) is 42.5 Å². The number of benzene rings is 5. The van der Waals surface area contributed by atoms with Gasteiger partial charge in [0.05, 0.1) is 12.7 Å². The van der Waals surface area contributed by atoms with Crippen molar-refractivity contribution in [2.75, 3.05) is 6.54 Å². The van der Waals surface area contributed by atoms with Crippen LogP contribution in [0.2, 0.25) is 0 Å². The van der Waals surface area contributed by atoms with Crippen molar-refractivity contribution in [3.8, 4) is 5.75 Å². The second kappa shape index (κ2) is 32.8. The maximum Gasteiger partial charge on any atom is 0.514 e. The maximum atomic E-state index is 14.9. The molecule has 0 saturated carbocycles. The number of ether oxygens (including phenoxy) is 4. The summed E-state index contributed by atoms with van der Waals surface area (Å²) in [4.78, 5) is 129. The Morgan fingerprint density at radius 2 is 1.14 bits per heavy atom. The molecule has 0 unspecified atom stereocenters. The molecule has 1 heterocycles. The van der Waals surface area contributed by atoms with Gasteiger partial charge >= 0.3 is 12.2 Å². The third kappa shape index (κ3) is 21.7. The zero-order chi connectivity index (χ0) is 63.2. The highest BCUT2D eigenvalue weighted by molar-refractivity contribution is 9.10. The first-order valence-corrected chi connectivity index (χ1v) is 29.8. The lowest BCUT2D eigenvalue weighted by Gasteiger charge is -2.32. The summed E-state index contributed by atoms with van der Waals surface area (Å²) in [6.07, 6.45) is -2.79. The Morgan fingerprint density at radius 3 is 1.72 bits per heavy atom. The summed E-state index contributed by atoms with van der Waals surface area (Å²) >= 11 is 3.43. The van der Waals surface area contributed by atoms with Gasteiger partial charge < -0.3 is 61.5 Å². The van der Waals surface area contributed by atoms with Crippen LogP contribution in [0.4, 0.5) is 9.59 Å². The number of halogens is 1. The number of hydrogen-bond acceptors (Lipinski definition) is 13. The molecule has 1 aliphatic rings. The van der Waals surface area contributed by atoms with Gasteiger partial charge in [-0.3, -0.25) is 33.6 Å². The molecule has 0 spiro atoms. The van der Waals surface area contributed by atoms with Gasteiger partial charge in [-0.05, 0) is 80.0 Å². The van der Waals surface area contributed by atoms with Crippen LogP contribution in [0.15, 0.2) is 144 Å². The molecule has 22 heteroatoms. The van der Waals surface area contributed by atoms with Crippen LogP contribution in [-0.2, 0) is 80.2 Å². The number of alkyl carbamates (subject to hydrolysis) is 1. The number of rotatable bonds is 21. The van der Waals surface area contributed by atoms with Crippen molar-refractivity contribution >= 4 is 69.5 Å². The highest BCUT2D eigenvalue weighted by Gasteiger charge is 2.39. The topological polar surface area (TPSA) is 287 Å². The zero-order valence-electron chi connectivity index (χ0n) is 50.2. The molecule has 464 valence electrons. The predicted octanol–water partition coefficient (Wildman–Crippen LogP) is 6.43. The van der Waals surface area contributed by atoms with Crippen LogP contribution in [-0.4, -0.2) is 114 Å². The SMILES string of the molecule is CC[C@H](C)[C@@H]1NC(=O)[C@H](NC(=O)[C@@H](NC(=O)[C@H](Cc2ccccc2)NC(=O)OC(C)(C)C)C(C)C)CNC(=O)[C@@H](Cc2ccc(OC(=O)OCc3ccccc3Br)cc2)NC(=O)[C@H]([C@@H](C)OCc2ccccc2)NC(=O)[C@H](Cc2ccccc2)NC1=O. The summed E-state index contributed by atoms with van der Waals surface area (Å²) in [5.74, 6) is -6.86. The van der Waals surface area contributed by atoms with E-state index >= 15 is 0 Å². The summed E-state index contributed by atoms with van der Waals surface area (Å²) in [6.45, 7) is 12.8. The number of nitrogens with one attached hydrogen (secondary N) is 8. The summed E-state index contributed by atoms with van der Waals surface area (Å²) < 4.78 is 23.2. The van der Waals surface area contributed by atoms with Crippen LogP contribution in [0, 0.1) is 11.8 Å². The van der Waals surface area contributed by atoms with Gasteiger partial charge in [-0.1, -0.05) is 171 Å². The van der Waals surface area contributed by atoms with Crippen molar-refractivity contribution in [1.29, 1.82) is 0 Å². The van der Waals surface area contributed by atoms with Crippen molar-refractivity contribution in [3.05, 3.63) is 172 Å². The maximum absolute atomic E-state index is 14.9. The molecular weight excluding hydrogens is 1180 g/mol. The van der Waals surface area contributed by atoms with Crippen LogP contribution < -0.4 is 47.3 Å². The van der Waals surface area contributed by atoms with Gasteiger partial charge in [-0.25, -0.2) is 9.59 Å². The molecule has 0 aromatic heterocycles. The number of carbonyl (C=O) groups is 9. The Bertz CT molecular complexity index is 3130. The molecule has 21 nitrogen and oxygen atoms in total. The minimum Gasteiger partial charge on any atom is -0.444 e. The second-order valence-electron chi connectivity index (χ2n) is 22.7. The Balaban J connectivity index is 1.35. The van der Waals surface area contributed by atoms with Crippen molar-refractivity contribution < 1.29 is 62.1 Å². The molecule has 1 aliphatic heterocycles. The Hall–Kier alpha value is -8.63. The van der Waals surface area contributed by atoms with E-state index < -0.39 is 126 Å². The van der Waals surface area contributed by atoms with Crippen LogP contribution >= 0.6 is 15.9 Å². The van der Waals surface area contributed by atoms with Crippen molar-refractivity contribution in [2.24, 2.45) is 11.8 Å². The van der Waals surface area contributed by atoms with Gasteiger partial charge in [0.25, 0.3) is 0 Å². The van der Waals surface area contributed by atoms with E-state index in [4.69, 9.17) is 18.9 Å². The number of amides is 8. The summed E-state index contributed by atoms with van der Waals surface area (Å²) in [5.41, 5.74) is 2.38.